The van der Waals surface area contributed by atoms with Crippen LogP contribution in [0, 0.1) is 17.0 Å². The zero-order chi connectivity index (χ0) is 14.2. The van der Waals surface area contributed by atoms with Crippen LogP contribution in [-0.4, -0.2) is 19.9 Å². The zero-order valence-electron chi connectivity index (χ0n) is 10.4. The Morgan fingerprint density at radius 2 is 2.21 bits per heavy atom. The molecular formula is C11H12ClN5O2. The lowest BCUT2D eigenvalue weighted by Crippen LogP contribution is -2.05. The van der Waals surface area contributed by atoms with Gasteiger partial charge < -0.3 is 5.73 Å². The van der Waals surface area contributed by atoms with Crippen molar-refractivity contribution < 1.29 is 4.92 Å². The number of hydrogen-bond acceptors (Lipinski definition) is 5. The summed E-state index contributed by atoms with van der Waals surface area (Å²) in [7, 11) is 0. The first kappa shape index (κ1) is 13.4. The Morgan fingerprint density at radius 1 is 1.53 bits per heavy atom. The molecule has 0 bridgehead atoms. The van der Waals surface area contributed by atoms with E-state index in [-0.39, 0.29) is 16.8 Å². The highest BCUT2D eigenvalue weighted by molar-refractivity contribution is 6.32. The molecule has 0 fully saturated rings. The minimum atomic E-state index is -0.520. The van der Waals surface area contributed by atoms with Crippen LogP contribution in [-0.2, 0) is 0 Å². The van der Waals surface area contributed by atoms with E-state index < -0.39 is 4.92 Å². The summed E-state index contributed by atoms with van der Waals surface area (Å²) >= 11 is 5.89. The third-order valence-corrected chi connectivity index (χ3v) is 2.99. The number of nitro benzene ring substituents is 1. The van der Waals surface area contributed by atoms with Crippen molar-refractivity contribution in [2.75, 3.05) is 0 Å². The third-order valence-electron chi connectivity index (χ3n) is 2.69. The number of aryl methyl sites for hydroxylation is 1. The molecule has 0 saturated heterocycles. The molecule has 0 radical (unpaired) electrons. The molecule has 19 heavy (non-hydrogen) atoms. The molecule has 100 valence electrons. The Labute approximate surface area is 114 Å². The van der Waals surface area contributed by atoms with Gasteiger partial charge in [-0.15, -0.1) is 5.10 Å². The summed E-state index contributed by atoms with van der Waals surface area (Å²) in [5.41, 5.74) is 7.52. The van der Waals surface area contributed by atoms with Gasteiger partial charge >= 0.3 is 0 Å². The van der Waals surface area contributed by atoms with Crippen molar-refractivity contribution in [3.63, 3.8) is 0 Å². The molecule has 7 nitrogen and oxygen atoms in total. The molecule has 8 heteroatoms. The van der Waals surface area contributed by atoms with Crippen LogP contribution in [0.15, 0.2) is 18.3 Å². The van der Waals surface area contributed by atoms with Crippen molar-refractivity contribution in [2.24, 2.45) is 5.73 Å². The third kappa shape index (κ3) is 2.56. The molecule has 1 heterocycles. The summed E-state index contributed by atoms with van der Waals surface area (Å²) in [4.78, 5) is 10.3. The fourth-order valence-corrected chi connectivity index (χ4v) is 1.87. The summed E-state index contributed by atoms with van der Waals surface area (Å²) in [5.74, 6) is 0. The average Bonchev–Trinajstić information content (AvgIpc) is 2.80. The topological polar surface area (TPSA) is 99.9 Å². The molecule has 0 saturated carbocycles. The number of nitrogens with two attached hydrogens (primary N) is 1. The molecule has 1 aromatic heterocycles. The van der Waals surface area contributed by atoms with E-state index in [4.69, 9.17) is 17.3 Å². The predicted octanol–water partition coefficient (Wildman–Crippen LogP) is 2.16. The van der Waals surface area contributed by atoms with E-state index in [2.05, 4.69) is 10.3 Å². The lowest BCUT2D eigenvalue weighted by molar-refractivity contribution is -0.384. The molecule has 0 aliphatic rings. The van der Waals surface area contributed by atoms with Crippen LogP contribution in [0.3, 0.4) is 0 Å². The van der Waals surface area contributed by atoms with Crippen LogP contribution in [0.2, 0.25) is 5.02 Å². The number of halogens is 1. The van der Waals surface area contributed by atoms with Crippen LogP contribution < -0.4 is 5.73 Å². The van der Waals surface area contributed by atoms with Crippen LogP contribution in [0.5, 0.6) is 0 Å². The van der Waals surface area contributed by atoms with Gasteiger partial charge in [0.25, 0.3) is 5.69 Å². The van der Waals surface area contributed by atoms with E-state index >= 15 is 0 Å². The first-order valence-electron chi connectivity index (χ1n) is 5.53. The van der Waals surface area contributed by atoms with Crippen molar-refractivity contribution >= 4 is 17.3 Å². The van der Waals surface area contributed by atoms with Crippen LogP contribution in [0.1, 0.15) is 24.2 Å². The SMILES string of the molecule is Cc1cc([N+](=O)[O-])c(Cl)cc1-n1cc(C(C)N)nn1. The van der Waals surface area contributed by atoms with E-state index in [1.165, 1.54) is 16.8 Å². The van der Waals surface area contributed by atoms with Crippen molar-refractivity contribution in [2.45, 2.75) is 19.9 Å². The molecular weight excluding hydrogens is 270 g/mol. The smallest absolute Gasteiger partial charge is 0.288 e. The molecule has 0 spiro atoms. The molecule has 1 atom stereocenters. The average molecular weight is 282 g/mol. The molecule has 1 unspecified atom stereocenters. The van der Waals surface area contributed by atoms with Gasteiger partial charge in [-0.05, 0) is 25.5 Å². The molecule has 0 amide bonds. The lowest BCUT2D eigenvalue weighted by atomic mass is 10.2. The minimum absolute atomic E-state index is 0.0587. The molecule has 2 N–H and O–H groups in total. The summed E-state index contributed by atoms with van der Waals surface area (Å²) in [6.07, 6.45) is 1.68. The molecule has 1 aromatic carbocycles. The van der Waals surface area contributed by atoms with E-state index in [1.807, 2.05) is 0 Å². The number of nitro groups is 1. The predicted molar refractivity (Wildman–Crippen MR) is 70.4 cm³/mol. The molecule has 2 rings (SSSR count). The summed E-state index contributed by atoms with van der Waals surface area (Å²) in [6.45, 7) is 3.54. The van der Waals surface area contributed by atoms with E-state index in [9.17, 15) is 10.1 Å². The highest BCUT2D eigenvalue weighted by atomic mass is 35.5. The minimum Gasteiger partial charge on any atom is -0.323 e. The number of benzene rings is 1. The van der Waals surface area contributed by atoms with Crippen LogP contribution >= 0.6 is 11.6 Å². The highest BCUT2D eigenvalue weighted by Gasteiger charge is 2.17. The second-order valence-electron chi connectivity index (χ2n) is 4.22. The molecule has 2 aromatic rings. The number of aromatic nitrogens is 3. The molecule has 0 aliphatic heterocycles. The Balaban J connectivity index is 2.50. The second-order valence-corrected chi connectivity index (χ2v) is 4.63. The van der Waals surface area contributed by atoms with Crippen molar-refractivity contribution in [1.82, 2.24) is 15.0 Å². The van der Waals surface area contributed by atoms with Gasteiger partial charge in [0, 0.05) is 12.1 Å². The fourth-order valence-electron chi connectivity index (χ4n) is 1.65. The second kappa shape index (κ2) is 4.94. The fraction of sp³-hybridized carbons (Fsp3) is 0.273. The van der Waals surface area contributed by atoms with Gasteiger partial charge in [-0.2, -0.15) is 0 Å². The summed E-state index contributed by atoms with van der Waals surface area (Å²) in [6, 6.07) is 2.67. The number of rotatable bonds is 3. The van der Waals surface area contributed by atoms with Gasteiger partial charge in [0.15, 0.2) is 0 Å². The normalized spacial score (nSPS) is 12.4. The quantitative estimate of drug-likeness (QED) is 0.686. The van der Waals surface area contributed by atoms with Crippen molar-refractivity contribution in [3.8, 4) is 5.69 Å². The van der Waals surface area contributed by atoms with Gasteiger partial charge in [-0.25, -0.2) is 4.68 Å². The van der Waals surface area contributed by atoms with Crippen LogP contribution in [0.4, 0.5) is 5.69 Å². The maximum atomic E-state index is 10.8. The molecule has 0 aliphatic carbocycles. The Hall–Kier alpha value is -1.99. The standard InChI is InChI=1S/C11H12ClN5O2/c1-6-3-11(17(18)19)8(12)4-10(6)16-5-9(7(2)13)14-15-16/h3-5,7H,13H2,1-2H3. The largest absolute Gasteiger partial charge is 0.323 e. The highest BCUT2D eigenvalue weighted by Crippen LogP contribution is 2.29. The number of nitrogens with zero attached hydrogens (tertiary/aromatic N) is 4. The lowest BCUT2D eigenvalue weighted by Gasteiger charge is -2.06. The summed E-state index contributed by atoms with van der Waals surface area (Å²) in [5, 5.41) is 18.7. The first-order valence-corrected chi connectivity index (χ1v) is 5.90. The van der Waals surface area contributed by atoms with E-state index in [0.29, 0.717) is 16.9 Å². The number of hydrogen-bond donors (Lipinski definition) is 1. The Kier molecular flexibility index (Phi) is 3.50. The maximum absolute atomic E-state index is 10.8. The van der Waals surface area contributed by atoms with Crippen LogP contribution in [0.25, 0.3) is 5.69 Å². The summed E-state index contributed by atoms with van der Waals surface area (Å²) < 4.78 is 1.50. The van der Waals surface area contributed by atoms with Gasteiger partial charge in [0.1, 0.15) is 5.02 Å². The zero-order valence-corrected chi connectivity index (χ0v) is 11.1. The van der Waals surface area contributed by atoms with Crippen molar-refractivity contribution in [3.05, 3.63) is 44.7 Å². The van der Waals surface area contributed by atoms with Gasteiger partial charge in [0.2, 0.25) is 0 Å². The monoisotopic (exact) mass is 281 g/mol. The van der Waals surface area contributed by atoms with E-state index in [0.717, 1.165) is 0 Å². The Bertz CT molecular complexity index is 638. The maximum Gasteiger partial charge on any atom is 0.288 e. The van der Waals surface area contributed by atoms with Gasteiger partial charge in [0.05, 0.1) is 22.5 Å². The van der Waals surface area contributed by atoms with Gasteiger partial charge in [-0.1, -0.05) is 16.8 Å². The van der Waals surface area contributed by atoms with E-state index in [1.54, 1.807) is 20.0 Å². The van der Waals surface area contributed by atoms with Crippen molar-refractivity contribution in [1.29, 1.82) is 0 Å². The Morgan fingerprint density at radius 3 is 2.74 bits per heavy atom. The first-order chi connectivity index (χ1) is 8.90. The van der Waals surface area contributed by atoms with Gasteiger partial charge in [-0.3, -0.25) is 10.1 Å².